The molecule has 2 atom stereocenters. The minimum absolute atomic E-state index is 0.0648. The first-order valence-electron chi connectivity index (χ1n) is 9.40. The van der Waals surface area contributed by atoms with Gasteiger partial charge in [0.15, 0.2) is 6.10 Å². The van der Waals surface area contributed by atoms with Gasteiger partial charge in [0, 0.05) is 17.4 Å². The molecule has 0 aliphatic carbocycles. The largest absolute Gasteiger partial charge is 0.454 e. The van der Waals surface area contributed by atoms with E-state index in [1.165, 1.54) is 5.56 Å². The molecule has 0 fully saturated rings. The third kappa shape index (κ3) is 5.62. The van der Waals surface area contributed by atoms with Crippen LogP contribution in [0.3, 0.4) is 0 Å². The van der Waals surface area contributed by atoms with Crippen molar-refractivity contribution >= 4 is 29.2 Å². The molecule has 0 amide bonds. The van der Waals surface area contributed by atoms with Gasteiger partial charge in [0.25, 0.3) is 0 Å². The maximum Gasteiger partial charge on any atom is 0.310 e. The maximum absolute atomic E-state index is 12.7. The van der Waals surface area contributed by atoms with Crippen molar-refractivity contribution in [1.82, 2.24) is 9.55 Å². The highest BCUT2D eigenvalue weighted by Crippen LogP contribution is 2.34. The van der Waals surface area contributed by atoms with E-state index in [1.807, 2.05) is 24.3 Å². The number of ether oxygens (including phenoxy) is 1. The highest BCUT2D eigenvalue weighted by atomic mass is 35.5. The zero-order valence-electron chi connectivity index (χ0n) is 16.7. The standard InChI is InChI=1S/C23H24Cl2N2O2/c1-23(2,3)18-8-4-16(5-9-18)14-20(28)29-21(17-6-10-19(24)11-7-17)22(25)27-13-12-26-15-27/h4-13,15,21-22H,14H2,1-3H3. The van der Waals surface area contributed by atoms with Crippen LogP contribution >= 0.6 is 23.2 Å². The number of alkyl halides is 1. The molecule has 0 aliphatic rings. The van der Waals surface area contributed by atoms with Gasteiger partial charge in [-0.15, -0.1) is 0 Å². The van der Waals surface area contributed by atoms with Gasteiger partial charge in [0.1, 0.15) is 5.50 Å². The van der Waals surface area contributed by atoms with Crippen molar-refractivity contribution in [3.8, 4) is 0 Å². The lowest BCUT2D eigenvalue weighted by molar-refractivity contribution is -0.149. The normalized spacial score (nSPS) is 13.7. The van der Waals surface area contributed by atoms with Gasteiger partial charge in [0.2, 0.25) is 0 Å². The molecule has 0 saturated heterocycles. The van der Waals surface area contributed by atoms with Crippen LogP contribution in [-0.2, 0) is 21.4 Å². The molecule has 1 heterocycles. The first-order valence-corrected chi connectivity index (χ1v) is 10.2. The highest BCUT2D eigenvalue weighted by Gasteiger charge is 2.27. The van der Waals surface area contributed by atoms with Gasteiger partial charge < -0.3 is 9.30 Å². The van der Waals surface area contributed by atoms with E-state index in [0.29, 0.717) is 5.02 Å². The molecule has 4 nitrogen and oxygen atoms in total. The summed E-state index contributed by atoms with van der Waals surface area (Å²) >= 11 is 12.6. The second-order valence-corrected chi connectivity index (χ2v) is 8.85. The topological polar surface area (TPSA) is 44.1 Å². The molecule has 0 N–H and O–H groups in total. The van der Waals surface area contributed by atoms with Crippen molar-refractivity contribution in [1.29, 1.82) is 0 Å². The van der Waals surface area contributed by atoms with Crippen molar-refractivity contribution in [2.75, 3.05) is 0 Å². The summed E-state index contributed by atoms with van der Waals surface area (Å²) in [6.07, 6.45) is 4.46. The summed E-state index contributed by atoms with van der Waals surface area (Å²) < 4.78 is 7.50. The van der Waals surface area contributed by atoms with E-state index < -0.39 is 11.6 Å². The Bertz CT molecular complexity index is 931. The third-order valence-corrected chi connectivity index (χ3v) is 5.39. The molecule has 0 saturated carbocycles. The fourth-order valence-corrected chi connectivity index (χ4v) is 3.42. The van der Waals surface area contributed by atoms with Crippen LogP contribution in [0.15, 0.2) is 67.3 Å². The number of rotatable bonds is 6. The number of esters is 1. The van der Waals surface area contributed by atoms with Crippen molar-refractivity contribution < 1.29 is 9.53 Å². The monoisotopic (exact) mass is 430 g/mol. The predicted octanol–water partition coefficient (Wildman–Crippen LogP) is 6.10. The van der Waals surface area contributed by atoms with Crippen LogP contribution in [0.2, 0.25) is 5.02 Å². The Labute approximate surface area is 181 Å². The Morgan fingerprint density at radius 2 is 1.76 bits per heavy atom. The van der Waals surface area contributed by atoms with Crippen LogP contribution in [0.25, 0.3) is 0 Å². The third-order valence-electron chi connectivity index (χ3n) is 4.68. The minimum atomic E-state index is -0.676. The average molecular weight is 431 g/mol. The number of carbonyl (C=O) groups is 1. The van der Waals surface area contributed by atoms with E-state index in [2.05, 4.69) is 37.9 Å². The number of benzene rings is 2. The van der Waals surface area contributed by atoms with E-state index in [1.54, 1.807) is 35.4 Å². The van der Waals surface area contributed by atoms with Gasteiger partial charge in [0.05, 0.1) is 12.7 Å². The second kappa shape index (κ2) is 9.02. The summed E-state index contributed by atoms with van der Waals surface area (Å²) in [6, 6.07) is 15.2. The van der Waals surface area contributed by atoms with Crippen molar-refractivity contribution in [2.24, 2.45) is 0 Å². The summed E-state index contributed by atoms with van der Waals surface area (Å²) in [6.45, 7) is 6.47. The Morgan fingerprint density at radius 1 is 1.10 bits per heavy atom. The number of imidazole rings is 1. The molecular weight excluding hydrogens is 407 g/mol. The first-order chi connectivity index (χ1) is 13.7. The van der Waals surface area contributed by atoms with E-state index in [0.717, 1.165) is 11.1 Å². The summed E-state index contributed by atoms with van der Waals surface area (Å²) in [5.74, 6) is -0.348. The van der Waals surface area contributed by atoms with Gasteiger partial charge in [-0.05, 0) is 34.2 Å². The van der Waals surface area contributed by atoms with Gasteiger partial charge in [-0.3, -0.25) is 4.79 Å². The fraction of sp³-hybridized carbons (Fsp3) is 0.304. The number of nitrogens with zero attached hydrogens (tertiary/aromatic N) is 2. The molecule has 0 bridgehead atoms. The lowest BCUT2D eigenvalue weighted by Crippen LogP contribution is -2.20. The van der Waals surface area contributed by atoms with Crippen LogP contribution in [-0.4, -0.2) is 15.5 Å². The van der Waals surface area contributed by atoms with Crippen molar-refractivity contribution in [2.45, 2.75) is 44.2 Å². The highest BCUT2D eigenvalue weighted by molar-refractivity contribution is 6.30. The van der Waals surface area contributed by atoms with Crippen LogP contribution in [0.4, 0.5) is 0 Å². The molecule has 6 heteroatoms. The molecule has 2 aromatic carbocycles. The molecule has 0 spiro atoms. The first kappa shape index (κ1) is 21.4. The van der Waals surface area contributed by atoms with Crippen LogP contribution in [0.1, 0.15) is 49.1 Å². The summed E-state index contributed by atoms with van der Waals surface area (Å²) in [7, 11) is 0. The number of halogens is 2. The molecule has 2 unspecified atom stereocenters. The molecule has 0 radical (unpaired) electrons. The quantitative estimate of drug-likeness (QED) is 0.350. The molecule has 1 aromatic heterocycles. The minimum Gasteiger partial charge on any atom is -0.454 e. The zero-order valence-corrected chi connectivity index (χ0v) is 18.2. The van der Waals surface area contributed by atoms with Gasteiger partial charge in [-0.2, -0.15) is 0 Å². The Hall–Kier alpha value is -2.30. The Morgan fingerprint density at radius 3 is 2.31 bits per heavy atom. The predicted molar refractivity (Wildman–Crippen MR) is 116 cm³/mol. The smallest absolute Gasteiger partial charge is 0.310 e. The number of aromatic nitrogens is 2. The molecule has 3 aromatic rings. The summed E-state index contributed by atoms with van der Waals surface area (Å²) in [5, 5.41) is 0.603. The Kier molecular flexibility index (Phi) is 6.66. The maximum atomic E-state index is 12.7. The van der Waals surface area contributed by atoms with Crippen LogP contribution < -0.4 is 0 Å². The molecule has 3 rings (SSSR count). The number of carbonyl (C=O) groups excluding carboxylic acids is 1. The van der Waals surface area contributed by atoms with E-state index in [4.69, 9.17) is 27.9 Å². The fourth-order valence-electron chi connectivity index (χ4n) is 2.98. The van der Waals surface area contributed by atoms with E-state index in [-0.39, 0.29) is 17.8 Å². The van der Waals surface area contributed by atoms with Crippen LogP contribution in [0, 0.1) is 0 Å². The van der Waals surface area contributed by atoms with E-state index >= 15 is 0 Å². The number of hydrogen-bond donors (Lipinski definition) is 0. The zero-order chi connectivity index (χ0) is 21.0. The van der Waals surface area contributed by atoms with Gasteiger partial charge >= 0.3 is 5.97 Å². The van der Waals surface area contributed by atoms with Gasteiger partial charge in [-0.1, -0.05) is 80.4 Å². The Balaban J connectivity index is 1.76. The molecule has 29 heavy (non-hydrogen) atoms. The van der Waals surface area contributed by atoms with Crippen molar-refractivity contribution in [3.63, 3.8) is 0 Å². The van der Waals surface area contributed by atoms with Crippen molar-refractivity contribution in [3.05, 3.63) is 89.0 Å². The molecule has 0 aliphatic heterocycles. The van der Waals surface area contributed by atoms with Gasteiger partial charge in [-0.25, -0.2) is 4.98 Å². The lowest BCUT2D eigenvalue weighted by Gasteiger charge is -2.24. The molecular formula is C23H24Cl2N2O2. The lowest BCUT2D eigenvalue weighted by atomic mass is 9.86. The summed E-state index contributed by atoms with van der Waals surface area (Å²) in [5.41, 5.74) is 2.31. The van der Waals surface area contributed by atoms with Crippen LogP contribution in [0.5, 0.6) is 0 Å². The SMILES string of the molecule is CC(C)(C)c1ccc(CC(=O)OC(c2ccc(Cl)cc2)C(Cl)n2ccnc2)cc1. The van der Waals surface area contributed by atoms with E-state index in [9.17, 15) is 4.79 Å². The summed E-state index contributed by atoms with van der Waals surface area (Å²) in [4.78, 5) is 16.7. The molecule has 152 valence electrons. The number of hydrogen-bond acceptors (Lipinski definition) is 3. The second-order valence-electron chi connectivity index (χ2n) is 7.97. The average Bonchev–Trinajstić information content (AvgIpc) is 3.21.